The van der Waals surface area contributed by atoms with E-state index in [1.54, 1.807) is 49.4 Å². The third-order valence-electron chi connectivity index (χ3n) is 4.67. The lowest BCUT2D eigenvalue weighted by atomic mass is 9.96. The van der Waals surface area contributed by atoms with Crippen molar-refractivity contribution >= 4 is 17.4 Å². The molecule has 5 heteroatoms. The Morgan fingerprint density at radius 3 is 2.48 bits per heavy atom. The maximum absolute atomic E-state index is 14.8. The summed E-state index contributed by atoms with van der Waals surface area (Å²) < 4.78 is 28.7. The summed E-state index contributed by atoms with van der Waals surface area (Å²) >= 11 is 0. The zero-order chi connectivity index (χ0) is 19.1. The van der Waals surface area contributed by atoms with Crippen LogP contribution in [0.1, 0.15) is 27.0 Å². The number of fused-ring (bicyclic) bond motifs is 1. The Kier molecular flexibility index (Phi) is 4.07. The van der Waals surface area contributed by atoms with Crippen LogP contribution in [0.25, 0.3) is 11.1 Å². The normalized spacial score (nSPS) is 12.6. The molecule has 0 aliphatic carbocycles. The number of carboxylic acids is 1. The molecule has 0 unspecified atom stereocenters. The molecule has 1 aliphatic rings. The van der Waals surface area contributed by atoms with Gasteiger partial charge in [-0.05, 0) is 53.9 Å². The van der Waals surface area contributed by atoms with Gasteiger partial charge >= 0.3 is 5.97 Å². The smallest absolute Gasteiger partial charge is 0.336 e. The largest absolute Gasteiger partial charge is 0.478 e. The minimum atomic E-state index is -1.03. The van der Waals surface area contributed by atoms with E-state index < -0.39 is 17.6 Å². The zero-order valence-corrected chi connectivity index (χ0v) is 14.5. The summed E-state index contributed by atoms with van der Waals surface area (Å²) in [6.45, 7) is 1.80. The van der Waals surface area contributed by atoms with Gasteiger partial charge in [0.15, 0.2) is 0 Å². The number of rotatable bonds is 3. The molecule has 0 spiro atoms. The van der Waals surface area contributed by atoms with Crippen molar-refractivity contribution < 1.29 is 18.7 Å². The molecule has 1 N–H and O–H groups in total. The average molecular weight is 363 g/mol. The number of hydrogen-bond donors (Lipinski definition) is 1. The molecular weight excluding hydrogens is 348 g/mol. The van der Waals surface area contributed by atoms with Crippen LogP contribution in [0.15, 0.2) is 59.6 Å². The van der Waals surface area contributed by atoms with Gasteiger partial charge in [0, 0.05) is 17.5 Å². The molecule has 4 rings (SSSR count). The molecule has 0 saturated carbocycles. The molecule has 0 bridgehead atoms. The molecule has 3 nitrogen and oxygen atoms in total. The van der Waals surface area contributed by atoms with Crippen LogP contribution in [-0.4, -0.2) is 16.8 Å². The maximum Gasteiger partial charge on any atom is 0.336 e. The first-order valence-corrected chi connectivity index (χ1v) is 8.43. The number of carboxylic acid groups (broad SMARTS) is 1. The van der Waals surface area contributed by atoms with Crippen LogP contribution in [0.3, 0.4) is 0 Å². The van der Waals surface area contributed by atoms with Gasteiger partial charge in [0.2, 0.25) is 0 Å². The Morgan fingerprint density at radius 1 is 1.00 bits per heavy atom. The fourth-order valence-electron chi connectivity index (χ4n) is 3.39. The Hall–Kier alpha value is -3.34. The van der Waals surface area contributed by atoms with Crippen molar-refractivity contribution in [1.29, 1.82) is 0 Å². The van der Waals surface area contributed by atoms with Gasteiger partial charge in [0.05, 0.1) is 17.0 Å². The highest BCUT2D eigenvalue weighted by atomic mass is 19.1. The summed E-state index contributed by atoms with van der Waals surface area (Å²) in [6.07, 6.45) is 0.243. The van der Waals surface area contributed by atoms with Crippen molar-refractivity contribution in [2.45, 2.75) is 13.3 Å². The van der Waals surface area contributed by atoms with E-state index in [0.29, 0.717) is 33.7 Å². The SMILES string of the molecule is Cc1cc2c(c(C(=O)O)c1)CC(c1ccc(-c3ccccc3F)cc1F)=N2. The van der Waals surface area contributed by atoms with E-state index in [-0.39, 0.29) is 12.0 Å². The molecule has 0 fully saturated rings. The van der Waals surface area contributed by atoms with Gasteiger partial charge in [-0.15, -0.1) is 0 Å². The second-order valence-corrected chi connectivity index (χ2v) is 6.53. The van der Waals surface area contributed by atoms with Crippen LogP contribution in [0, 0.1) is 18.6 Å². The fraction of sp³-hybridized carbons (Fsp3) is 0.0909. The van der Waals surface area contributed by atoms with Gasteiger partial charge in [-0.1, -0.05) is 24.3 Å². The molecule has 0 atom stereocenters. The van der Waals surface area contributed by atoms with E-state index in [9.17, 15) is 18.7 Å². The number of halogens is 2. The van der Waals surface area contributed by atoms with Gasteiger partial charge in [-0.3, -0.25) is 4.99 Å². The lowest BCUT2D eigenvalue weighted by Gasteiger charge is -2.08. The number of aliphatic imine (C=N–C) groups is 1. The number of nitrogens with zero attached hydrogens (tertiary/aromatic N) is 1. The molecule has 0 aromatic heterocycles. The molecule has 1 heterocycles. The maximum atomic E-state index is 14.8. The van der Waals surface area contributed by atoms with Crippen LogP contribution >= 0.6 is 0 Å². The van der Waals surface area contributed by atoms with Crippen LogP contribution in [-0.2, 0) is 6.42 Å². The second kappa shape index (κ2) is 6.43. The monoisotopic (exact) mass is 363 g/mol. The number of hydrogen-bond acceptors (Lipinski definition) is 2. The van der Waals surface area contributed by atoms with E-state index in [0.717, 1.165) is 5.56 Å². The molecule has 0 radical (unpaired) electrons. The average Bonchev–Trinajstić information content (AvgIpc) is 3.04. The van der Waals surface area contributed by atoms with Crippen LogP contribution in [0.5, 0.6) is 0 Å². The molecule has 27 heavy (non-hydrogen) atoms. The minimum Gasteiger partial charge on any atom is -0.478 e. The first kappa shape index (κ1) is 17.1. The van der Waals surface area contributed by atoms with Crippen molar-refractivity contribution in [3.8, 4) is 11.1 Å². The lowest BCUT2D eigenvalue weighted by molar-refractivity contribution is 0.0696. The first-order valence-electron chi connectivity index (χ1n) is 8.43. The van der Waals surface area contributed by atoms with Crippen LogP contribution < -0.4 is 0 Å². The third-order valence-corrected chi connectivity index (χ3v) is 4.67. The predicted octanol–water partition coefficient (Wildman–Crippen LogP) is 5.32. The van der Waals surface area contributed by atoms with E-state index in [1.807, 2.05) is 0 Å². The van der Waals surface area contributed by atoms with Crippen molar-refractivity contribution in [2.24, 2.45) is 4.99 Å². The minimum absolute atomic E-state index is 0.187. The molecular formula is C22H15F2NO2. The Bertz CT molecular complexity index is 1120. The molecule has 3 aromatic rings. The highest BCUT2D eigenvalue weighted by molar-refractivity contribution is 6.09. The Labute approximate surface area is 154 Å². The van der Waals surface area contributed by atoms with Crippen molar-refractivity contribution in [1.82, 2.24) is 0 Å². The summed E-state index contributed by atoms with van der Waals surface area (Å²) in [5, 5.41) is 9.41. The molecule has 1 aliphatic heterocycles. The van der Waals surface area contributed by atoms with Crippen LogP contribution in [0.4, 0.5) is 14.5 Å². The van der Waals surface area contributed by atoms with Gasteiger partial charge < -0.3 is 5.11 Å². The highest BCUT2D eigenvalue weighted by Crippen LogP contribution is 2.34. The predicted molar refractivity (Wildman–Crippen MR) is 99.8 cm³/mol. The summed E-state index contributed by atoms with van der Waals surface area (Å²) in [6, 6.07) is 14.1. The number of aryl methyl sites for hydroxylation is 1. The van der Waals surface area contributed by atoms with Gasteiger partial charge in [0.1, 0.15) is 11.6 Å². The quantitative estimate of drug-likeness (QED) is 0.685. The molecule has 3 aromatic carbocycles. The third kappa shape index (κ3) is 3.01. The van der Waals surface area contributed by atoms with Gasteiger partial charge in [-0.2, -0.15) is 0 Å². The molecule has 134 valence electrons. The summed E-state index contributed by atoms with van der Waals surface area (Å²) in [5.41, 5.74) is 3.63. The van der Waals surface area contributed by atoms with Crippen LogP contribution in [0.2, 0.25) is 0 Å². The molecule has 0 saturated heterocycles. The summed E-state index contributed by atoms with van der Waals surface area (Å²) in [4.78, 5) is 15.9. The number of aromatic carboxylic acids is 1. The van der Waals surface area contributed by atoms with Crippen molar-refractivity contribution in [3.05, 3.63) is 88.5 Å². The Balaban J connectivity index is 1.73. The van der Waals surface area contributed by atoms with E-state index in [4.69, 9.17) is 0 Å². The standard InChI is InChI=1S/C22H15F2NO2/c1-12-8-17(22(26)27)16-11-21(25-20(16)9-12)15-7-6-13(10-19(15)24)14-4-2-3-5-18(14)23/h2-10H,11H2,1H3,(H,26,27). The lowest BCUT2D eigenvalue weighted by Crippen LogP contribution is -2.07. The van der Waals surface area contributed by atoms with E-state index >= 15 is 0 Å². The number of carbonyl (C=O) groups is 1. The highest BCUT2D eigenvalue weighted by Gasteiger charge is 2.24. The topological polar surface area (TPSA) is 49.7 Å². The number of benzene rings is 3. The second-order valence-electron chi connectivity index (χ2n) is 6.53. The van der Waals surface area contributed by atoms with Crippen molar-refractivity contribution in [2.75, 3.05) is 0 Å². The fourth-order valence-corrected chi connectivity index (χ4v) is 3.39. The van der Waals surface area contributed by atoms with E-state index in [2.05, 4.69) is 4.99 Å². The summed E-state index contributed by atoms with van der Waals surface area (Å²) in [7, 11) is 0. The first-order chi connectivity index (χ1) is 12.9. The van der Waals surface area contributed by atoms with Crippen molar-refractivity contribution in [3.63, 3.8) is 0 Å². The Morgan fingerprint density at radius 2 is 1.78 bits per heavy atom. The van der Waals surface area contributed by atoms with Gasteiger partial charge in [0.25, 0.3) is 0 Å². The summed E-state index contributed by atoms with van der Waals surface area (Å²) in [5.74, 6) is -1.96. The zero-order valence-electron chi connectivity index (χ0n) is 14.5. The van der Waals surface area contributed by atoms with E-state index in [1.165, 1.54) is 12.1 Å². The molecule has 0 amide bonds. The van der Waals surface area contributed by atoms with Gasteiger partial charge in [-0.25, -0.2) is 13.6 Å².